The van der Waals surface area contributed by atoms with Crippen molar-refractivity contribution in [2.45, 2.75) is 32.0 Å². The van der Waals surface area contributed by atoms with Crippen LogP contribution in [0.2, 0.25) is 0 Å². The van der Waals surface area contributed by atoms with E-state index in [-0.39, 0.29) is 18.8 Å². The highest BCUT2D eigenvalue weighted by molar-refractivity contribution is 5.92. The van der Waals surface area contributed by atoms with Crippen molar-refractivity contribution >= 4 is 11.7 Å². The lowest BCUT2D eigenvalue weighted by Crippen LogP contribution is -2.33. The maximum absolute atomic E-state index is 12.7. The normalized spacial score (nSPS) is 14.8. The van der Waals surface area contributed by atoms with E-state index in [1.54, 1.807) is 12.1 Å². The average Bonchev–Trinajstić information content (AvgIpc) is 2.69. The molecule has 1 fully saturated rings. The third-order valence-electron chi connectivity index (χ3n) is 4.33. The van der Waals surface area contributed by atoms with Crippen molar-refractivity contribution in [3.63, 3.8) is 0 Å². The second-order valence-electron chi connectivity index (χ2n) is 6.36. The maximum Gasteiger partial charge on any atom is 0.435 e. The van der Waals surface area contributed by atoms with Crippen molar-refractivity contribution in [1.29, 1.82) is 0 Å². The van der Waals surface area contributed by atoms with Crippen molar-refractivity contribution in [3.8, 4) is 0 Å². The van der Waals surface area contributed by atoms with Gasteiger partial charge in [0.05, 0.1) is 6.54 Å². The van der Waals surface area contributed by atoms with E-state index < -0.39 is 23.3 Å². The molecular weight excluding hydrogens is 377 g/mol. The van der Waals surface area contributed by atoms with Gasteiger partial charge in [-0.15, -0.1) is 10.2 Å². The Morgan fingerprint density at radius 3 is 2.46 bits per heavy atom. The van der Waals surface area contributed by atoms with E-state index in [4.69, 9.17) is 0 Å². The van der Waals surface area contributed by atoms with Crippen LogP contribution in [0.25, 0.3) is 0 Å². The zero-order chi connectivity index (χ0) is 20.1. The summed E-state index contributed by atoms with van der Waals surface area (Å²) in [7, 11) is 0. The Morgan fingerprint density at radius 1 is 1.07 bits per heavy atom. The third-order valence-corrected chi connectivity index (χ3v) is 4.33. The number of aromatic nitrogens is 4. The van der Waals surface area contributed by atoms with Crippen LogP contribution < -0.4 is 15.8 Å². The molecule has 2 aromatic rings. The summed E-state index contributed by atoms with van der Waals surface area (Å²) in [5.74, 6) is 0.175. The Balaban J connectivity index is 1.56. The van der Waals surface area contributed by atoms with Crippen molar-refractivity contribution in [1.82, 2.24) is 25.3 Å². The smallest absolute Gasteiger partial charge is 0.355 e. The minimum absolute atomic E-state index is 0.0807. The van der Waals surface area contributed by atoms with Crippen molar-refractivity contribution in [2.75, 3.05) is 24.5 Å². The van der Waals surface area contributed by atoms with Gasteiger partial charge in [0.15, 0.2) is 17.2 Å². The molecule has 0 bridgehead atoms. The summed E-state index contributed by atoms with van der Waals surface area (Å²) in [4.78, 5) is 25.8. The van der Waals surface area contributed by atoms with Crippen LogP contribution >= 0.6 is 0 Å². The molecule has 0 spiro atoms. The lowest BCUT2D eigenvalue weighted by atomic mass is 10.1. The lowest BCUT2D eigenvalue weighted by molar-refractivity contribution is -0.142. The molecule has 0 unspecified atom stereocenters. The molecule has 8 nitrogen and oxygen atoms in total. The zero-order valence-corrected chi connectivity index (χ0v) is 14.9. The van der Waals surface area contributed by atoms with Gasteiger partial charge >= 0.3 is 6.18 Å². The third kappa shape index (κ3) is 4.84. The summed E-state index contributed by atoms with van der Waals surface area (Å²) in [5, 5.41) is 13.7. The molecule has 0 aromatic carbocycles. The fourth-order valence-corrected chi connectivity index (χ4v) is 2.86. The molecule has 1 aliphatic rings. The van der Waals surface area contributed by atoms with Crippen LogP contribution in [0.1, 0.15) is 35.4 Å². The predicted molar refractivity (Wildman–Crippen MR) is 93.9 cm³/mol. The monoisotopic (exact) mass is 396 g/mol. The van der Waals surface area contributed by atoms with Crippen LogP contribution in [0.4, 0.5) is 19.0 Å². The number of anilines is 1. The molecular formula is C17H19F3N6O2. The van der Waals surface area contributed by atoms with Crippen LogP contribution in [0, 0.1) is 0 Å². The number of amides is 1. The van der Waals surface area contributed by atoms with E-state index in [1.165, 1.54) is 6.42 Å². The van der Waals surface area contributed by atoms with Gasteiger partial charge in [-0.25, -0.2) is 4.68 Å². The second-order valence-corrected chi connectivity index (χ2v) is 6.36. The summed E-state index contributed by atoms with van der Waals surface area (Å²) >= 11 is 0. The van der Waals surface area contributed by atoms with Gasteiger partial charge in [-0.2, -0.15) is 18.3 Å². The van der Waals surface area contributed by atoms with Crippen molar-refractivity contribution < 1.29 is 18.0 Å². The van der Waals surface area contributed by atoms with Gasteiger partial charge in [0, 0.05) is 25.7 Å². The Bertz CT molecular complexity index is 876. The molecule has 0 aliphatic carbocycles. The maximum atomic E-state index is 12.7. The quantitative estimate of drug-likeness (QED) is 0.823. The Hall–Kier alpha value is -2.98. The molecule has 0 atom stereocenters. The molecule has 3 heterocycles. The number of hydrogen-bond donors (Lipinski definition) is 1. The molecule has 1 aliphatic heterocycles. The molecule has 28 heavy (non-hydrogen) atoms. The van der Waals surface area contributed by atoms with Gasteiger partial charge < -0.3 is 10.2 Å². The van der Waals surface area contributed by atoms with E-state index in [0.717, 1.165) is 32.0 Å². The molecule has 0 radical (unpaired) electrons. The SMILES string of the molecule is O=C(NCCn1nc(C(F)(F)F)ccc1=O)c1ccc(N2CCCCC2)nn1. The standard InChI is InChI=1S/C17H19F3N6O2/c18-17(19,20)13-5-7-15(27)26(24-13)11-8-21-16(28)12-4-6-14(23-22-12)25-9-2-1-3-10-25/h4-7H,1-3,8-11H2,(H,21,28). The number of hydrogen-bond acceptors (Lipinski definition) is 6. The van der Waals surface area contributed by atoms with Gasteiger partial charge in [-0.1, -0.05) is 0 Å². The Morgan fingerprint density at radius 2 is 1.82 bits per heavy atom. The summed E-state index contributed by atoms with van der Waals surface area (Å²) in [6.07, 6.45) is -1.28. The topological polar surface area (TPSA) is 93.0 Å². The first-order chi connectivity index (χ1) is 13.3. The largest absolute Gasteiger partial charge is 0.435 e. The molecule has 2 aromatic heterocycles. The van der Waals surface area contributed by atoms with E-state index in [2.05, 4.69) is 25.5 Å². The molecule has 1 N–H and O–H groups in total. The minimum Gasteiger partial charge on any atom is -0.355 e. The number of nitrogens with one attached hydrogen (secondary N) is 1. The molecule has 1 saturated heterocycles. The summed E-state index contributed by atoms with van der Waals surface area (Å²) in [6.45, 7) is 1.52. The van der Waals surface area contributed by atoms with Crippen LogP contribution in [-0.4, -0.2) is 45.5 Å². The fourth-order valence-electron chi connectivity index (χ4n) is 2.86. The number of alkyl halides is 3. The van der Waals surface area contributed by atoms with Gasteiger partial charge in [-0.05, 0) is 37.5 Å². The first-order valence-electron chi connectivity index (χ1n) is 8.87. The molecule has 11 heteroatoms. The van der Waals surface area contributed by atoms with Gasteiger partial charge in [0.2, 0.25) is 0 Å². The van der Waals surface area contributed by atoms with Crippen molar-refractivity contribution in [2.24, 2.45) is 0 Å². The zero-order valence-electron chi connectivity index (χ0n) is 14.9. The number of carbonyl (C=O) groups excluding carboxylic acids is 1. The van der Waals surface area contributed by atoms with Crippen LogP contribution in [0.5, 0.6) is 0 Å². The number of piperidine rings is 1. The van der Waals surface area contributed by atoms with E-state index >= 15 is 0 Å². The predicted octanol–water partition coefficient (Wildman–Crippen LogP) is 1.47. The highest BCUT2D eigenvalue weighted by Crippen LogP contribution is 2.26. The Labute approximate surface area is 158 Å². The van der Waals surface area contributed by atoms with Crippen LogP contribution in [0.15, 0.2) is 29.1 Å². The molecule has 0 saturated carbocycles. The summed E-state index contributed by atoms with van der Waals surface area (Å²) in [6, 6.07) is 4.67. The van der Waals surface area contributed by atoms with Crippen molar-refractivity contribution in [3.05, 3.63) is 46.0 Å². The lowest BCUT2D eigenvalue weighted by Gasteiger charge is -2.27. The Kier molecular flexibility index (Phi) is 5.90. The van der Waals surface area contributed by atoms with Gasteiger partial charge in [-0.3, -0.25) is 9.59 Å². The van der Waals surface area contributed by atoms with E-state index in [9.17, 15) is 22.8 Å². The summed E-state index contributed by atoms with van der Waals surface area (Å²) in [5.41, 5.74) is -1.77. The first kappa shape index (κ1) is 19.8. The molecule has 1 amide bonds. The van der Waals surface area contributed by atoms with Gasteiger partial charge in [0.25, 0.3) is 11.5 Å². The van der Waals surface area contributed by atoms with E-state index in [0.29, 0.717) is 16.6 Å². The number of nitrogens with zero attached hydrogens (tertiary/aromatic N) is 5. The van der Waals surface area contributed by atoms with E-state index in [1.807, 2.05) is 0 Å². The molecule has 3 rings (SSSR count). The highest BCUT2D eigenvalue weighted by Gasteiger charge is 2.33. The number of halogens is 3. The molecule has 150 valence electrons. The second kappa shape index (κ2) is 8.36. The summed E-state index contributed by atoms with van der Waals surface area (Å²) < 4.78 is 38.7. The fraction of sp³-hybridized carbons (Fsp3) is 0.471. The highest BCUT2D eigenvalue weighted by atomic mass is 19.4. The average molecular weight is 396 g/mol. The van der Waals surface area contributed by atoms with Crippen LogP contribution in [0.3, 0.4) is 0 Å². The van der Waals surface area contributed by atoms with Gasteiger partial charge in [0.1, 0.15) is 0 Å². The minimum atomic E-state index is -4.65. The van der Waals surface area contributed by atoms with Crippen LogP contribution in [-0.2, 0) is 12.7 Å². The number of rotatable bonds is 5. The first-order valence-corrected chi connectivity index (χ1v) is 8.87. The number of carbonyl (C=O) groups is 1.